The Balaban J connectivity index is 1.86. The predicted molar refractivity (Wildman–Crippen MR) is 76.3 cm³/mol. The van der Waals surface area contributed by atoms with Crippen LogP contribution in [0.4, 0.5) is 10.1 Å². The van der Waals surface area contributed by atoms with Gasteiger partial charge in [0.05, 0.1) is 11.3 Å². The fourth-order valence-electron chi connectivity index (χ4n) is 1.82. The molecule has 4 heteroatoms. The molecule has 0 amide bonds. The van der Waals surface area contributed by atoms with Crippen molar-refractivity contribution in [3.05, 3.63) is 59.4 Å². The third-order valence-corrected chi connectivity index (χ3v) is 2.78. The molecule has 102 valence electrons. The summed E-state index contributed by atoms with van der Waals surface area (Å²) in [5.41, 5.74) is 2.04. The number of rotatable bonds is 5. The second-order valence-electron chi connectivity index (χ2n) is 4.39. The maximum absolute atomic E-state index is 13.0. The highest BCUT2D eigenvalue weighted by Crippen LogP contribution is 2.16. The summed E-state index contributed by atoms with van der Waals surface area (Å²) in [6, 6.07) is 13.8. The van der Waals surface area contributed by atoms with E-state index in [1.165, 1.54) is 12.1 Å². The first kappa shape index (κ1) is 13.9. The van der Waals surface area contributed by atoms with Gasteiger partial charge in [0.1, 0.15) is 24.2 Å². The van der Waals surface area contributed by atoms with E-state index < -0.39 is 5.82 Å². The Kier molecular flexibility index (Phi) is 4.56. The van der Waals surface area contributed by atoms with Crippen LogP contribution in [-0.4, -0.2) is 13.2 Å². The zero-order valence-corrected chi connectivity index (χ0v) is 11.2. The van der Waals surface area contributed by atoms with Crippen molar-refractivity contribution in [2.24, 2.45) is 0 Å². The number of anilines is 1. The topological polar surface area (TPSA) is 45.0 Å². The molecule has 0 spiro atoms. The van der Waals surface area contributed by atoms with Gasteiger partial charge in [0.25, 0.3) is 0 Å². The number of nitrogens with one attached hydrogen (secondary N) is 1. The predicted octanol–water partition coefficient (Wildman–Crippen LogP) is 3.50. The highest BCUT2D eigenvalue weighted by molar-refractivity contribution is 5.57. The van der Waals surface area contributed by atoms with E-state index in [0.717, 1.165) is 11.3 Å². The minimum Gasteiger partial charge on any atom is -0.492 e. The lowest BCUT2D eigenvalue weighted by Crippen LogP contribution is -2.12. The van der Waals surface area contributed by atoms with E-state index in [0.29, 0.717) is 24.4 Å². The second-order valence-corrected chi connectivity index (χ2v) is 4.39. The van der Waals surface area contributed by atoms with Gasteiger partial charge >= 0.3 is 0 Å². The number of benzene rings is 2. The van der Waals surface area contributed by atoms with Gasteiger partial charge in [-0.25, -0.2) is 4.39 Å². The highest BCUT2D eigenvalue weighted by Gasteiger charge is 2.03. The van der Waals surface area contributed by atoms with Crippen LogP contribution in [0.1, 0.15) is 11.1 Å². The van der Waals surface area contributed by atoms with Crippen LogP contribution >= 0.6 is 0 Å². The highest BCUT2D eigenvalue weighted by atomic mass is 19.1. The molecule has 0 unspecified atom stereocenters. The maximum atomic E-state index is 13.0. The minimum atomic E-state index is -0.414. The molecule has 0 atom stereocenters. The molecule has 0 aliphatic heterocycles. The first-order chi connectivity index (χ1) is 9.69. The van der Waals surface area contributed by atoms with Crippen molar-refractivity contribution in [3.63, 3.8) is 0 Å². The van der Waals surface area contributed by atoms with Crippen LogP contribution in [0.5, 0.6) is 5.75 Å². The van der Waals surface area contributed by atoms with Crippen molar-refractivity contribution in [1.82, 2.24) is 0 Å². The fourth-order valence-corrected chi connectivity index (χ4v) is 1.82. The van der Waals surface area contributed by atoms with E-state index in [4.69, 9.17) is 10.00 Å². The summed E-state index contributed by atoms with van der Waals surface area (Å²) >= 11 is 0. The van der Waals surface area contributed by atoms with Crippen LogP contribution in [0.25, 0.3) is 0 Å². The molecule has 2 rings (SSSR count). The normalized spacial score (nSPS) is 9.85. The molecule has 2 aromatic carbocycles. The largest absolute Gasteiger partial charge is 0.492 e. The van der Waals surface area contributed by atoms with Crippen LogP contribution in [0.15, 0.2) is 42.5 Å². The van der Waals surface area contributed by atoms with Crippen molar-refractivity contribution in [2.75, 3.05) is 18.5 Å². The third-order valence-electron chi connectivity index (χ3n) is 2.78. The molecule has 3 nitrogen and oxygen atoms in total. The first-order valence-electron chi connectivity index (χ1n) is 6.32. The number of nitrogens with zero attached hydrogens (tertiary/aromatic N) is 1. The lowest BCUT2D eigenvalue weighted by atomic mass is 10.2. The van der Waals surface area contributed by atoms with Crippen LogP contribution in [0, 0.1) is 24.1 Å². The van der Waals surface area contributed by atoms with E-state index >= 15 is 0 Å². The summed E-state index contributed by atoms with van der Waals surface area (Å²) in [6.07, 6.45) is 0. The van der Waals surface area contributed by atoms with Gasteiger partial charge in [0, 0.05) is 6.54 Å². The molecule has 20 heavy (non-hydrogen) atoms. The standard InChI is InChI=1S/C16H15FN2O/c1-12-3-2-4-15(9-12)20-8-7-19-16-6-5-14(17)10-13(16)11-18/h2-6,9-10,19H,7-8H2,1H3. The van der Waals surface area contributed by atoms with Gasteiger partial charge < -0.3 is 10.1 Å². The zero-order valence-electron chi connectivity index (χ0n) is 11.2. The van der Waals surface area contributed by atoms with Gasteiger partial charge in [-0.3, -0.25) is 0 Å². The van der Waals surface area contributed by atoms with Gasteiger partial charge in [-0.1, -0.05) is 12.1 Å². The van der Waals surface area contributed by atoms with E-state index in [1.54, 1.807) is 6.07 Å². The number of ether oxygens (including phenoxy) is 1. The van der Waals surface area contributed by atoms with Gasteiger partial charge in [-0.05, 0) is 42.8 Å². The van der Waals surface area contributed by atoms with Crippen molar-refractivity contribution in [1.29, 1.82) is 5.26 Å². The fraction of sp³-hybridized carbons (Fsp3) is 0.188. The van der Waals surface area contributed by atoms with E-state index in [9.17, 15) is 4.39 Å². The molecule has 2 aromatic rings. The van der Waals surface area contributed by atoms with Crippen molar-refractivity contribution in [2.45, 2.75) is 6.92 Å². The number of hydrogen-bond acceptors (Lipinski definition) is 3. The van der Waals surface area contributed by atoms with Crippen LogP contribution < -0.4 is 10.1 Å². The van der Waals surface area contributed by atoms with Gasteiger partial charge in [-0.2, -0.15) is 5.26 Å². The van der Waals surface area contributed by atoms with Gasteiger partial charge in [-0.15, -0.1) is 0 Å². The average molecular weight is 270 g/mol. The molecule has 0 aromatic heterocycles. The van der Waals surface area contributed by atoms with Crippen LogP contribution in [0.2, 0.25) is 0 Å². The first-order valence-corrected chi connectivity index (χ1v) is 6.32. The summed E-state index contributed by atoms with van der Waals surface area (Å²) in [4.78, 5) is 0. The molecular weight excluding hydrogens is 255 g/mol. The lowest BCUT2D eigenvalue weighted by molar-refractivity contribution is 0.332. The van der Waals surface area contributed by atoms with Crippen LogP contribution in [0.3, 0.4) is 0 Å². The minimum absolute atomic E-state index is 0.292. The molecule has 0 aliphatic rings. The quantitative estimate of drug-likeness (QED) is 0.846. The molecule has 0 fully saturated rings. The Labute approximate surface area is 117 Å². The van der Waals surface area contributed by atoms with E-state index in [2.05, 4.69) is 5.32 Å². The van der Waals surface area contributed by atoms with E-state index in [1.807, 2.05) is 37.3 Å². The molecule has 0 radical (unpaired) electrons. The Morgan fingerprint density at radius 3 is 2.85 bits per heavy atom. The monoisotopic (exact) mass is 270 g/mol. The summed E-state index contributed by atoms with van der Waals surface area (Å²) < 4.78 is 18.6. The molecule has 0 aliphatic carbocycles. The molecule has 0 bridgehead atoms. The Morgan fingerprint density at radius 2 is 2.10 bits per heavy atom. The SMILES string of the molecule is Cc1cccc(OCCNc2ccc(F)cc2C#N)c1. The Bertz CT molecular complexity index is 635. The van der Waals surface area contributed by atoms with Crippen molar-refractivity contribution < 1.29 is 9.13 Å². The summed E-state index contributed by atoms with van der Waals surface area (Å²) in [5.74, 6) is 0.398. The lowest BCUT2D eigenvalue weighted by Gasteiger charge is -2.10. The van der Waals surface area contributed by atoms with E-state index in [-0.39, 0.29) is 0 Å². The molecular formula is C16H15FN2O. The number of aryl methyl sites for hydroxylation is 1. The number of halogens is 1. The summed E-state index contributed by atoms with van der Waals surface area (Å²) in [6.45, 7) is 3.00. The number of hydrogen-bond donors (Lipinski definition) is 1. The Hall–Kier alpha value is -2.54. The van der Waals surface area contributed by atoms with Gasteiger partial charge in [0.15, 0.2) is 0 Å². The van der Waals surface area contributed by atoms with Gasteiger partial charge in [0.2, 0.25) is 0 Å². The molecule has 0 saturated carbocycles. The molecule has 1 N–H and O–H groups in total. The van der Waals surface area contributed by atoms with Crippen molar-refractivity contribution >= 4 is 5.69 Å². The molecule has 0 saturated heterocycles. The van der Waals surface area contributed by atoms with Crippen molar-refractivity contribution in [3.8, 4) is 11.8 Å². The average Bonchev–Trinajstić information content (AvgIpc) is 2.45. The maximum Gasteiger partial charge on any atom is 0.124 e. The second kappa shape index (κ2) is 6.58. The van der Waals surface area contributed by atoms with Crippen LogP contribution in [-0.2, 0) is 0 Å². The Morgan fingerprint density at radius 1 is 1.25 bits per heavy atom. The third kappa shape index (κ3) is 3.72. The summed E-state index contributed by atoms with van der Waals surface area (Å²) in [7, 11) is 0. The number of nitriles is 1. The zero-order chi connectivity index (χ0) is 14.4. The smallest absolute Gasteiger partial charge is 0.124 e. The summed E-state index contributed by atoms with van der Waals surface area (Å²) in [5, 5.41) is 12.0. The molecule has 0 heterocycles.